The summed E-state index contributed by atoms with van der Waals surface area (Å²) in [5.41, 5.74) is 0. The van der Waals surface area contributed by atoms with Gasteiger partial charge in [-0.15, -0.1) is 0 Å². The van der Waals surface area contributed by atoms with Crippen molar-refractivity contribution in [1.29, 1.82) is 0 Å². The van der Waals surface area contributed by atoms with Crippen LogP contribution in [0.3, 0.4) is 0 Å². The van der Waals surface area contributed by atoms with E-state index in [1.54, 1.807) is 9.80 Å². The average Bonchev–Trinajstić information content (AvgIpc) is 2.29. The molecule has 5 heteroatoms. The topological polar surface area (TPSA) is 43.9 Å². The molecule has 0 spiro atoms. The fraction of sp³-hybridized carbons (Fsp3) is 0.857. The first-order chi connectivity index (χ1) is 8.73. The number of rotatable bonds is 4. The molecule has 0 N–H and O–H groups in total. The molecule has 5 nitrogen and oxygen atoms in total. The van der Waals surface area contributed by atoms with E-state index in [4.69, 9.17) is 0 Å². The molecule has 0 unspecified atom stereocenters. The summed E-state index contributed by atoms with van der Waals surface area (Å²) in [6.07, 6.45) is 0. The molecule has 1 rings (SSSR count). The van der Waals surface area contributed by atoms with Crippen molar-refractivity contribution < 1.29 is 9.59 Å². The number of carbonyl (C=O) groups excluding carboxylic acids is 2. The Balaban J connectivity index is 2.35. The smallest absolute Gasteiger partial charge is 0.319 e. The number of hydrogen-bond acceptors (Lipinski definition) is 2. The lowest BCUT2D eigenvalue weighted by Crippen LogP contribution is -2.56. The van der Waals surface area contributed by atoms with Crippen molar-refractivity contribution in [3.05, 3.63) is 0 Å². The Bertz CT molecular complexity index is 336. The fourth-order valence-corrected chi connectivity index (χ4v) is 2.19. The molecule has 0 saturated carbocycles. The Morgan fingerprint density at radius 1 is 1.16 bits per heavy atom. The molecule has 1 aliphatic heterocycles. The maximum absolute atomic E-state index is 12.1. The summed E-state index contributed by atoms with van der Waals surface area (Å²) in [6.45, 7) is 10.1. The second-order valence-corrected chi connectivity index (χ2v) is 6.13. The molecule has 0 atom stereocenters. The van der Waals surface area contributed by atoms with Crippen molar-refractivity contribution in [3.63, 3.8) is 0 Å². The number of urea groups is 1. The molecule has 0 aromatic carbocycles. The molecule has 0 bridgehead atoms. The lowest BCUT2D eigenvalue weighted by molar-refractivity contribution is -0.141. The summed E-state index contributed by atoms with van der Waals surface area (Å²) in [5.74, 6) is 0.689. The summed E-state index contributed by atoms with van der Waals surface area (Å²) in [7, 11) is 3.65. The highest BCUT2D eigenvalue weighted by atomic mass is 16.2. The number of amides is 3. The van der Waals surface area contributed by atoms with E-state index in [2.05, 4.69) is 0 Å². The SMILES string of the molecule is CC(C)C(=O)N1CC(CN(C)C(=O)N(C)C(C)C)C1. The van der Waals surface area contributed by atoms with Crippen molar-refractivity contribution in [2.75, 3.05) is 33.7 Å². The number of carbonyl (C=O) groups is 2. The normalized spacial score (nSPS) is 15.7. The van der Waals surface area contributed by atoms with E-state index in [0.717, 1.165) is 19.6 Å². The van der Waals surface area contributed by atoms with Gasteiger partial charge < -0.3 is 14.7 Å². The van der Waals surface area contributed by atoms with Crippen LogP contribution in [0.5, 0.6) is 0 Å². The van der Waals surface area contributed by atoms with E-state index in [1.807, 2.05) is 46.7 Å². The highest BCUT2D eigenvalue weighted by Crippen LogP contribution is 2.19. The second-order valence-electron chi connectivity index (χ2n) is 6.13. The van der Waals surface area contributed by atoms with Crippen LogP contribution < -0.4 is 0 Å². The fourth-order valence-electron chi connectivity index (χ4n) is 2.19. The Labute approximate surface area is 116 Å². The number of likely N-dealkylation sites (tertiary alicyclic amines) is 1. The summed E-state index contributed by atoms with van der Waals surface area (Å²) in [5, 5.41) is 0. The van der Waals surface area contributed by atoms with Crippen LogP contribution >= 0.6 is 0 Å². The van der Waals surface area contributed by atoms with Crippen LogP contribution in [0.25, 0.3) is 0 Å². The lowest BCUT2D eigenvalue weighted by Gasteiger charge is -2.42. The Morgan fingerprint density at radius 2 is 1.68 bits per heavy atom. The Hall–Kier alpha value is -1.26. The van der Waals surface area contributed by atoms with Crippen molar-refractivity contribution in [2.45, 2.75) is 33.7 Å². The highest BCUT2D eigenvalue weighted by molar-refractivity contribution is 5.79. The van der Waals surface area contributed by atoms with Crippen LogP contribution in [-0.2, 0) is 4.79 Å². The predicted octanol–water partition coefficient (Wildman–Crippen LogP) is 1.49. The van der Waals surface area contributed by atoms with E-state index in [1.165, 1.54) is 0 Å². The zero-order valence-corrected chi connectivity index (χ0v) is 13.0. The van der Waals surface area contributed by atoms with Gasteiger partial charge in [0, 0.05) is 51.6 Å². The van der Waals surface area contributed by atoms with Crippen molar-refractivity contribution in [1.82, 2.24) is 14.7 Å². The van der Waals surface area contributed by atoms with E-state index in [9.17, 15) is 9.59 Å². The summed E-state index contributed by atoms with van der Waals surface area (Å²) in [4.78, 5) is 29.1. The van der Waals surface area contributed by atoms with Gasteiger partial charge in [0.1, 0.15) is 0 Å². The van der Waals surface area contributed by atoms with Crippen LogP contribution in [0, 0.1) is 11.8 Å². The first kappa shape index (κ1) is 15.8. The van der Waals surface area contributed by atoms with Crippen molar-refractivity contribution in [2.24, 2.45) is 11.8 Å². The minimum atomic E-state index is 0.0450. The molecule has 0 radical (unpaired) electrons. The van der Waals surface area contributed by atoms with Gasteiger partial charge in [-0.2, -0.15) is 0 Å². The van der Waals surface area contributed by atoms with E-state index in [-0.39, 0.29) is 23.9 Å². The van der Waals surface area contributed by atoms with Crippen LogP contribution in [-0.4, -0.2) is 66.4 Å². The third-order valence-electron chi connectivity index (χ3n) is 3.70. The monoisotopic (exact) mass is 269 g/mol. The molecule has 0 aliphatic carbocycles. The largest absolute Gasteiger partial charge is 0.342 e. The summed E-state index contributed by atoms with van der Waals surface area (Å²) in [6, 6.07) is 0.249. The molecule has 0 aromatic rings. The number of nitrogens with zero attached hydrogens (tertiary/aromatic N) is 3. The van der Waals surface area contributed by atoms with Crippen molar-refractivity contribution in [3.8, 4) is 0 Å². The van der Waals surface area contributed by atoms with E-state index in [0.29, 0.717) is 5.92 Å². The summed E-state index contributed by atoms with van der Waals surface area (Å²) >= 11 is 0. The van der Waals surface area contributed by atoms with Gasteiger partial charge in [-0.05, 0) is 13.8 Å². The molecule has 19 heavy (non-hydrogen) atoms. The minimum Gasteiger partial charge on any atom is -0.342 e. The zero-order valence-electron chi connectivity index (χ0n) is 13.0. The van der Waals surface area contributed by atoms with Crippen LogP contribution in [0.15, 0.2) is 0 Å². The molecule has 1 heterocycles. The molecular formula is C14H27N3O2. The van der Waals surface area contributed by atoms with Gasteiger partial charge >= 0.3 is 6.03 Å². The molecule has 1 aliphatic rings. The van der Waals surface area contributed by atoms with Gasteiger partial charge in [0.15, 0.2) is 0 Å². The standard InChI is InChI=1S/C14H27N3O2/c1-10(2)13(18)17-8-12(9-17)7-15(5)14(19)16(6)11(3)4/h10-12H,7-9H2,1-6H3. The first-order valence-corrected chi connectivity index (χ1v) is 7.00. The van der Waals surface area contributed by atoms with E-state index >= 15 is 0 Å². The maximum Gasteiger partial charge on any atom is 0.319 e. The predicted molar refractivity (Wildman–Crippen MR) is 75.8 cm³/mol. The van der Waals surface area contributed by atoms with Gasteiger partial charge in [0.25, 0.3) is 0 Å². The third kappa shape index (κ3) is 3.85. The molecular weight excluding hydrogens is 242 g/mol. The van der Waals surface area contributed by atoms with Crippen LogP contribution in [0.4, 0.5) is 4.79 Å². The van der Waals surface area contributed by atoms with Gasteiger partial charge in [0.2, 0.25) is 5.91 Å². The first-order valence-electron chi connectivity index (χ1n) is 7.00. The molecule has 1 saturated heterocycles. The Kier molecular flexibility index (Phi) is 5.20. The van der Waals surface area contributed by atoms with Gasteiger partial charge in [-0.3, -0.25) is 4.79 Å². The number of hydrogen-bond donors (Lipinski definition) is 0. The lowest BCUT2D eigenvalue weighted by atomic mass is 9.97. The average molecular weight is 269 g/mol. The Morgan fingerprint density at radius 3 is 2.11 bits per heavy atom. The van der Waals surface area contributed by atoms with E-state index < -0.39 is 0 Å². The maximum atomic E-state index is 12.1. The zero-order chi connectivity index (χ0) is 14.7. The third-order valence-corrected chi connectivity index (χ3v) is 3.70. The van der Waals surface area contributed by atoms with Gasteiger partial charge in [0.05, 0.1) is 0 Å². The molecule has 0 aromatic heterocycles. The van der Waals surface area contributed by atoms with Gasteiger partial charge in [-0.25, -0.2) is 4.79 Å². The van der Waals surface area contributed by atoms with Crippen LogP contribution in [0.2, 0.25) is 0 Å². The molecule has 1 fully saturated rings. The van der Waals surface area contributed by atoms with Crippen LogP contribution in [0.1, 0.15) is 27.7 Å². The summed E-state index contributed by atoms with van der Waals surface area (Å²) < 4.78 is 0. The van der Waals surface area contributed by atoms with Gasteiger partial charge in [-0.1, -0.05) is 13.8 Å². The highest BCUT2D eigenvalue weighted by Gasteiger charge is 2.33. The second kappa shape index (κ2) is 6.26. The molecule has 3 amide bonds. The van der Waals surface area contributed by atoms with Crippen molar-refractivity contribution >= 4 is 11.9 Å². The minimum absolute atomic E-state index is 0.0450. The quantitative estimate of drug-likeness (QED) is 0.776. The molecule has 110 valence electrons.